The van der Waals surface area contributed by atoms with Gasteiger partial charge in [-0.3, -0.25) is 4.79 Å². The second kappa shape index (κ2) is 6.68. The van der Waals surface area contributed by atoms with Crippen LogP contribution in [0.15, 0.2) is 47.4 Å². The van der Waals surface area contributed by atoms with Crippen molar-refractivity contribution in [1.29, 1.82) is 0 Å². The van der Waals surface area contributed by atoms with Gasteiger partial charge in [-0.15, -0.1) is 11.8 Å². The normalized spacial score (nSPS) is 10.3. The Bertz CT molecular complexity index is 614. The van der Waals surface area contributed by atoms with E-state index < -0.39 is 0 Å². The number of anilines is 1. The third-order valence-electron chi connectivity index (χ3n) is 2.75. The van der Waals surface area contributed by atoms with Gasteiger partial charge in [-0.2, -0.15) is 0 Å². The zero-order chi connectivity index (χ0) is 14.5. The van der Waals surface area contributed by atoms with Crippen molar-refractivity contribution in [3.8, 4) is 5.75 Å². The maximum absolute atomic E-state index is 11.9. The van der Waals surface area contributed by atoms with Gasteiger partial charge in [-0.1, -0.05) is 17.7 Å². The Balaban J connectivity index is 1.92. The molecule has 0 heterocycles. The molecular weight excluding hydrogens is 294 g/mol. The highest BCUT2D eigenvalue weighted by Gasteiger charge is 2.07. The fraction of sp³-hybridized carbons (Fsp3) is 0.133. The predicted molar refractivity (Wildman–Crippen MR) is 83.6 cm³/mol. The Morgan fingerprint density at radius 1 is 1.25 bits per heavy atom. The first-order valence-electron chi connectivity index (χ1n) is 6.03. The van der Waals surface area contributed by atoms with Crippen molar-refractivity contribution in [3.63, 3.8) is 0 Å². The van der Waals surface area contributed by atoms with E-state index in [1.807, 2.05) is 13.0 Å². The first kappa shape index (κ1) is 14.8. The molecule has 0 unspecified atom stereocenters. The van der Waals surface area contributed by atoms with Crippen molar-refractivity contribution in [1.82, 2.24) is 0 Å². The number of phenolic OH excluding ortho intramolecular Hbond substituents is 1. The molecule has 1 amide bonds. The molecule has 5 heteroatoms. The molecule has 0 fully saturated rings. The van der Waals surface area contributed by atoms with E-state index in [9.17, 15) is 9.90 Å². The highest BCUT2D eigenvalue weighted by Crippen LogP contribution is 2.24. The molecule has 0 aliphatic rings. The number of carbonyl (C=O) groups excluding carboxylic acids is 1. The molecule has 0 aliphatic carbocycles. The highest BCUT2D eigenvalue weighted by atomic mass is 35.5. The molecule has 2 aromatic carbocycles. The van der Waals surface area contributed by atoms with Gasteiger partial charge in [0.15, 0.2) is 0 Å². The molecule has 20 heavy (non-hydrogen) atoms. The van der Waals surface area contributed by atoms with Crippen molar-refractivity contribution in [3.05, 3.63) is 53.1 Å². The zero-order valence-corrected chi connectivity index (χ0v) is 12.5. The molecule has 2 aromatic rings. The lowest BCUT2D eigenvalue weighted by Gasteiger charge is -2.09. The number of halogens is 1. The average Bonchev–Trinajstić information content (AvgIpc) is 2.43. The van der Waals surface area contributed by atoms with Crippen molar-refractivity contribution in [2.45, 2.75) is 11.8 Å². The molecule has 3 nitrogen and oxygen atoms in total. The van der Waals surface area contributed by atoms with Gasteiger partial charge in [0, 0.05) is 15.6 Å². The lowest BCUT2D eigenvalue weighted by molar-refractivity contribution is -0.113. The SMILES string of the molecule is Cc1c(Cl)cccc1NC(=O)CSc1ccc(O)cc1. The van der Waals surface area contributed by atoms with Gasteiger partial charge in [0.1, 0.15) is 5.75 Å². The van der Waals surface area contributed by atoms with Crippen molar-refractivity contribution >= 4 is 35.0 Å². The minimum absolute atomic E-state index is 0.0894. The summed E-state index contributed by atoms with van der Waals surface area (Å²) in [5, 5.41) is 12.7. The number of hydrogen-bond donors (Lipinski definition) is 2. The van der Waals surface area contributed by atoms with Gasteiger partial charge in [0.25, 0.3) is 0 Å². The summed E-state index contributed by atoms with van der Waals surface area (Å²) in [5.41, 5.74) is 1.59. The lowest BCUT2D eigenvalue weighted by Crippen LogP contribution is -2.14. The number of hydrogen-bond acceptors (Lipinski definition) is 3. The number of nitrogens with one attached hydrogen (secondary N) is 1. The fourth-order valence-electron chi connectivity index (χ4n) is 1.62. The summed E-state index contributed by atoms with van der Waals surface area (Å²) in [6.45, 7) is 1.87. The van der Waals surface area contributed by atoms with Crippen LogP contribution in [-0.2, 0) is 4.79 Å². The van der Waals surface area contributed by atoms with E-state index in [0.29, 0.717) is 10.8 Å². The Kier molecular flexibility index (Phi) is 4.93. The summed E-state index contributed by atoms with van der Waals surface area (Å²) in [7, 11) is 0. The number of amides is 1. The lowest BCUT2D eigenvalue weighted by atomic mass is 10.2. The van der Waals surface area contributed by atoms with E-state index in [0.717, 1.165) is 16.1 Å². The smallest absolute Gasteiger partial charge is 0.234 e. The summed E-state index contributed by atoms with van der Waals surface area (Å²) in [4.78, 5) is 12.8. The van der Waals surface area contributed by atoms with E-state index in [4.69, 9.17) is 11.6 Å². The Labute approximate surface area is 127 Å². The summed E-state index contributed by atoms with van der Waals surface area (Å²) in [6, 6.07) is 12.2. The van der Waals surface area contributed by atoms with E-state index in [1.54, 1.807) is 36.4 Å². The van der Waals surface area contributed by atoms with Crippen molar-refractivity contribution in [2.75, 3.05) is 11.1 Å². The molecule has 0 saturated heterocycles. The Morgan fingerprint density at radius 2 is 1.95 bits per heavy atom. The average molecular weight is 308 g/mol. The van der Waals surface area contributed by atoms with Gasteiger partial charge in [0.2, 0.25) is 5.91 Å². The van der Waals surface area contributed by atoms with Gasteiger partial charge in [-0.25, -0.2) is 0 Å². The van der Waals surface area contributed by atoms with Crippen molar-refractivity contribution < 1.29 is 9.90 Å². The van der Waals surface area contributed by atoms with E-state index in [2.05, 4.69) is 5.32 Å². The maximum atomic E-state index is 11.9. The Hall–Kier alpha value is -1.65. The molecule has 0 aromatic heterocycles. The van der Waals surface area contributed by atoms with Crippen molar-refractivity contribution in [2.24, 2.45) is 0 Å². The standard InChI is InChI=1S/C15H14ClNO2S/c1-10-13(16)3-2-4-14(10)17-15(19)9-20-12-7-5-11(18)6-8-12/h2-8,18H,9H2,1H3,(H,17,19). The number of thioether (sulfide) groups is 1. The summed E-state index contributed by atoms with van der Waals surface area (Å²) in [5.74, 6) is 0.429. The topological polar surface area (TPSA) is 49.3 Å². The maximum Gasteiger partial charge on any atom is 0.234 e. The fourth-order valence-corrected chi connectivity index (χ4v) is 2.49. The molecule has 0 spiro atoms. The number of rotatable bonds is 4. The molecule has 0 aliphatic heterocycles. The molecule has 104 valence electrons. The van der Waals surface area contributed by atoms with Crippen LogP contribution in [0.5, 0.6) is 5.75 Å². The molecule has 0 atom stereocenters. The monoisotopic (exact) mass is 307 g/mol. The first-order chi connectivity index (χ1) is 9.56. The summed E-state index contributed by atoms with van der Waals surface area (Å²) in [6.07, 6.45) is 0. The van der Waals surface area contributed by atoms with Crippen LogP contribution in [-0.4, -0.2) is 16.8 Å². The minimum atomic E-state index is -0.0894. The van der Waals surface area contributed by atoms with Gasteiger partial charge in [0.05, 0.1) is 5.75 Å². The molecular formula is C15H14ClNO2S. The molecule has 0 radical (unpaired) electrons. The number of carbonyl (C=O) groups is 1. The van der Waals surface area contributed by atoms with Gasteiger partial charge < -0.3 is 10.4 Å². The second-order valence-electron chi connectivity index (χ2n) is 4.24. The zero-order valence-electron chi connectivity index (χ0n) is 10.9. The molecule has 0 bridgehead atoms. The predicted octanol–water partition coefficient (Wildman–Crippen LogP) is 4.08. The quantitative estimate of drug-likeness (QED) is 0.837. The van der Waals surface area contributed by atoms with Gasteiger partial charge >= 0.3 is 0 Å². The number of benzene rings is 2. The van der Waals surface area contributed by atoms with Crippen LogP contribution in [0.1, 0.15) is 5.56 Å². The van der Waals surface area contributed by atoms with Crippen LogP contribution >= 0.6 is 23.4 Å². The highest BCUT2D eigenvalue weighted by molar-refractivity contribution is 8.00. The largest absolute Gasteiger partial charge is 0.508 e. The Morgan fingerprint density at radius 3 is 2.65 bits per heavy atom. The molecule has 0 saturated carbocycles. The second-order valence-corrected chi connectivity index (χ2v) is 5.70. The molecule has 2 N–H and O–H groups in total. The third-order valence-corrected chi connectivity index (χ3v) is 4.17. The number of aromatic hydroxyl groups is 1. The van der Waals surface area contributed by atoms with E-state index in [-0.39, 0.29) is 11.7 Å². The summed E-state index contributed by atoms with van der Waals surface area (Å²) >= 11 is 7.42. The van der Waals surface area contributed by atoms with Crippen LogP contribution in [0.25, 0.3) is 0 Å². The van der Waals surface area contributed by atoms with Crippen LogP contribution in [0.3, 0.4) is 0 Å². The van der Waals surface area contributed by atoms with E-state index in [1.165, 1.54) is 11.8 Å². The van der Waals surface area contributed by atoms with Crippen LogP contribution in [0.4, 0.5) is 5.69 Å². The van der Waals surface area contributed by atoms with Crippen LogP contribution in [0, 0.1) is 6.92 Å². The minimum Gasteiger partial charge on any atom is -0.508 e. The first-order valence-corrected chi connectivity index (χ1v) is 7.39. The van der Waals surface area contributed by atoms with Crippen LogP contribution < -0.4 is 5.32 Å². The summed E-state index contributed by atoms with van der Waals surface area (Å²) < 4.78 is 0. The third kappa shape index (κ3) is 3.92. The van der Waals surface area contributed by atoms with Gasteiger partial charge in [-0.05, 0) is 48.9 Å². The van der Waals surface area contributed by atoms with Crippen LogP contribution in [0.2, 0.25) is 5.02 Å². The number of phenols is 1. The molecule has 2 rings (SSSR count). The van der Waals surface area contributed by atoms with E-state index >= 15 is 0 Å².